The average molecular weight is 407 g/mol. The van der Waals surface area contributed by atoms with Crippen molar-refractivity contribution in [3.63, 3.8) is 0 Å². The van der Waals surface area contributed by atoms with Crippen LogP contribution >= 0.6 is 34.5 Å². The van der Waals surface area contributed by atoms with E-state index in [0.717, 1.165) is 10.1 Å². The van der Waals surface area contributed by atoms with E-state index in [9.17, 15) is 9.59 Å². The Labute approximate surface area is 162 Å². The molecular weight excluding hydrogens is 395 g/mol. The molecule has 1 aromatic heterocycles. The number of carbonyl (C=O) groups excluding carboxylic acids is 2. The number of fused-ring (bicyclic) bond motifs is 2. The van der Waals surface area contributed by atoms with Crippen LogP contribution in [-0.4, -0.2) is 17.9 Å². The molecule has 0 bridgehead atoms. The van der Waals surface area contributed by atoms with Crippen molar-refractivity contribution in [2.45, 2.75) is 13.0 Å². The minimum absolute atomic E-state index is 0.231. The van der Waals surface area contributed by atoms with Gasteiger partial charge in [-0.25, -0.2) is 0 Å². The second kappa shape index (κ2) is 6.46. The summed E-state index contributed by atoms with van der Waals surface area (Å²) in [6.07, 6.45) is -0.549. The Morgan fingerprint density at radius 3 is 2.85 bits per heavy atom. The maximum Gasteiger partial charge on any atom is 0.267 e. The number of anilines is 2. The van der Waals surface area contributed by atoms with E-state index in [1.54, 1.807) is 43.3 Å². The monoisotopic (exact) mass is 406 g/mol. The molecule has 5 nitrogen and oxygen atoms in total. The maximum absolute atomic E-state index is 12.6. The fourth-order valence-electron chi connectivity index (χ4n) is 2.66. The molecule has 0 unspecified atom stereocenters. The van der Waals surface area contributed by atoms with Crippen molar-refractivity contribution in [1.82, 2.24) is 0 Å². The van der Waals surface area contributed by atoms with E-state index in [0.29, 0.717) is 32.0 Å². The molecule has 1 aliphatic heterocycles. The van der Waals surface area contributed by atoms with Crippen molar-refractivity contribution in [1.29, 1.82) is 0 Å². The predicted octanol–water partition coefficient (Wildman–Crippen LogP) is 5.18. The number of hydrogen-bond donors (Lipinski definition) is 2. The lowest BCUT2D eigenvalue weighted by Crippen LogP contribution is -2.34. The van der Waals surface area contributed by atoms with E-state index in [4.69, 9.17) is 27.9 Å². The van der Waals surface area contributed by atoms with Gasteiger partial charge in [0.25, 0.3) is 11.8 Å². The molecule has 2 aromatic carbocycles. The van der Waals surface area contributed by atoms with Gasteiger partial charge in [-0.1, -0.05) is 29.3 Å². The van der Waals surface area contributed by atoms with Crippen molar-refractivity contribution >= 4 is 67.8 Å². The van der Waals surface area contributed by atoms with Crippen molar-refractivity contribution in [3.8, 4) is 5.75 Å². The molecule has 26 heavy (non-hydrogen) atoms. The highest BCUT2D eigenvalue weighted by Gasteiger charge is 2.24. The van der Waals surface area contributed by atoms with Crippen molar-refractivity contribution in [2.24, 2.45) is 0 Å². The first kappa shape index (κ1) is 17.1. The first-order chi connectivity index (χ1) is 12.4. The summed E-state index contributed by atoms with van der Waals surface area (Å²) in [5, 5.41) is 7.31. The highest BCUT2D eigenvalue weighted by Crippen LogP contribution is 2.37. The predicted molar refractivity (Wildman–Crippen MR) is 105 cm³/mol. The summed E-state index contributed by atoms with van der Waals surface area (Å²) in [4.78, 5) is 24.8. The minimum Gasteiger partial charge on any atom is -0.479 e. The number of thiophene rings is 1. The highest BCUT2D eigenvalue weighted by molar-refractivity contribution is 7.21. The van der Waals surface area contributed by atoms with Crippen LogP contribution in [0.4, 0.5) is 11.4 Å². The summed E-state index contributed by atoms with van der Waals surface area (Å²) in [7, 11) is 0. The Morgan fingerprint density at radius 2 is 2.04 bits per heavy atom. The minimum atomic E-state index is -0.549. The van der Waals surface area contributed by atoms with Gasteiger partial charge in [0.2, 0.25) is 0 Å². The maximum atomic E-state index is 12.6. The lowest BCUT2D eigenvalue weighted by atomic mass is 10.2. The third-order valence-electron chi connectivity index (χ3n) is 3.97. The zero-order chi connectivity index (χ0) is 18.4. The molecule has 0 saturated heterocycles. The number of amides is 2. The molecule has 0 radical (unpaired) electrons. The molecule has 2 N–H and O–H groups in total. The first-order valence-electron chi connectivity index (χ1n) is 7.73. The number of rotatable bonds is 2. The van der Waals surface area contributed by atoms with Gasteiger partial charge in [-0.3, -0.25) is 9.59 Å². The van der Waals surface area contributed by atoms with Crippen molar-refractivity contribution in [2.75, 3.05) is 10.6 Å². The Balaban J connectivity index is 1.62. The topological polar surface area (TPSA) is 67.4 Å². The normalized spacial score (nSPS) is 16.0. The van der Waals surface area contributed by atoms with Crippen molar-refractivity contribution < 1.29 is 14.3 Å². The van der Waals surface area contributed by atoms with Gasteiger partial charge in [0.15, 0.2) is 6.10 Å². The smallest absolute Gasteiger partial charge is 0.267 e. The molecule has 132 valence electrons. The van der Waals surface area contributed by atoms with E-state index in [-0.39, 0.29) is 11.8 Å². The van der Waals surface area contributed by atoms with Crippen LogP contribution in [0.15, 0.2) is 36.4 Å². The molecule has 1 atom stereocenters. The molecule has 2 heterocycles. The Hall–Kier alpha value is -2.28. The molecule has 8 heteroatoms. The molecule has 0 spiro atoms. The summed E-state index contributed by atoms with van der Waals surface area (Å²) in [5.74, 6) is -0.00117. The summed E-state index contributed by atoms with van der Waals surface area (Å²) < 4.78 is 6.34. The van der Waals surface area contributed by atoms with E-state index in [1.807, 2.05) is 0 Å². The molecule has 3 aromatic rings. The molecule has 0 saturated carbocycles. The number of benzene rings is 2. The SMILES string of the molecule is C[C@@H]1Oc2ccc(NC(=O)c3sc4cc(Cl)ccc4c3Cl)cc2NC1=O. The first-order valence-corrected chi connectivity index (χ1v) is 9.30. The molecule has 2 amide bonds. The van der Waals surface area contributed by atoms with E-state index >= 15 is 0 Å². The largest absolute Gasteiger partial charge is 0.479 e. The van der Waals surface area contributed by atoms with Gasteiger partial charge in [-0.15, -0.1) is 11.3 Å². The quantitative estimate of drug-likeness (QED) is 0.615. The summed E-state index contributed by atoms with van der Waals surface area (Å²) in [5.41, 5.74) is 1.04. The van der Waals surface area contributed by atoms with Crippen LogP contribution in [0.1, 0.15) is 16.6 Å². The Kier molecular flexibility index (Phi) is 4.26. The molecule has 4 rings (SSSR count). The number of ether oxygens (including phenoxy) is 1. The van der Waals surface area contributed by atoms with Crippen LogP contribution in [0.5, 0.6) is 5.75 Å². The van der Waals surface area contributed by atoms with Crippen LogP contribution < -0.4 is 15.4 Å². The number of nitrogens with one attached hydrogen (secondary N) is 2. The van der Waals surface area contributed by atoms with Gasteiger partial charge >= 0.3 is 0 Å². The van der Waals surface area contributed by atoms with Crippen LogP contribution in [0.3, 0.4) is 0 Å². The summed E-state index contributed by atoms with van der Waals surface area (Å²) in [6.45, 7) is 1.67. The van der Waals surface area contributed by atoms with Crippen LogP contribution in [-0.2, 0) is 4.79 Å². The highest BCUT2D eigenvalue weighted by atomic mass is 35.5. The fourth-order valence-corrected chi connectivity index (χ4v) is 4.35. The summed E-state index contributed by atoms with van der Waals surface area (Å²) in [6, 6.07) is 10.4. The summed E-state index contributed by atoms with van der Waals surface area (Å²) >= 11 is 13.6. The van der Waals surface area contributed by atoms with Crippen LogP contribution in [0, 0.1) is 0 Å². The van der Waals surface area contributed by atoms with Gasteiger partial charge in [0, 0.05) is 20.8 Å². The lowest BCUT2D eigenvalue weighted by Gasteiger charge is -2.23. The third kappa shape index (κ3) is 3.00. The van der Waals surface area contributed by atoms with Crippen LogP contribution in [0.2, 0.25) is 10.0 Å². The second-order valence-electron chi connectivity index (χ2n) is 5.80. The molecule has 0 aliphatic carbocycles. The van der Waals surface area contributed by atoms with Gasteiger partial charge < -0.3 is 15.4 Å². The van der Waals surface area contributed by atoms with E-state index < -0.39 is 6.10 Å². The van der Waals surface area contributed by atoms with E-state index in [2.05, 4.69) is 10.6 Å². The van der Waals surface area contributed by atoms with Gasteiger partial charge in [0.1, 0.15) is 10.6 Å². The van der Waals surface area contributed by atoms with Gasteiger partial charge in [0.05, 0.1) is 10.7 Å². The van der Waals surface area contributed by atoms with Crippen LogP contribution in [0.25, 0.3) is 10.1 Å². The second-order valence-corrected chi connectivity index (χ2v) is 7.67. The Morgan fingerprint density at radius 1 is 1.23 bits per heavy atom. The van der Waals surface area contributed by atoms with Gasteiger partial charge in [-0.05, 0) is 37.3 Å². The third-order valence-corrected chi connectivity index (χ3v) is 5.86. The van der Waals surface area contributed by atoms with E-state index in [1.165, 1.54) is 11.3 Å². The average Bonchev–Trinajstić information content (AvgIpc) is 2.92. The lowest BCUT2D eigenvalue weighted by molar-refractivity contribution is -0.122. The molecular formula is C18H12Cl2N2O3S. The van der Waals surface area contributed by atoms with Gasteiger partial charge in [-0.2, -0.15) is 0 Å². The Bertz CT molecular complexity index is 1060. The zero-order valence-electron chi connectivity index (χ0n) is 13.4. The zero-order valence-corrected chi connectivity index (χ0v) is 15.8. The number of hydrogen-bond acceptors (Lipinski definition) is 4. The molecule has 0 fully saturated rings. The standard InChI is InChI=1S/C18H12Cl2N2O3S/c1-8-17(23)22-12-7-10(3-5-13(12)25-8)21-18(24)16-15(20)11-4-2-9(19)6-14(11)26-16/h2-8H,1H3,(H,21,24)(H,22,23)/t8-/m0/s1. The number of carbonyl (C=O) groups is 2. The fraction of sp³-hybridized carbons (Fsp3) is 0.111. The molecule has 1 aliphatic rings. The number of halogens is 2. The van der Waals surface area contributed by atoms with Crippen molar-refractivity contribution in [3.05, 3.63) is 51.3 Å².